The lowest BCUT2D eigenvalue weighted by Gasteiger charge is -2.37. The Hall–Kier alpha value is -3.79. The number of hydrogen-bond donors (Lipinski definition) is 1. The number of rotatable bonds is 4. The average Bonchev–Trinajstić information content (AvgIpc) is 3.66. The number of aromatic nitrogens is 3. The Labute approximate surface area is 225 Å². The third-order valence-electron chi connectivity index (χ3n) is 7.71. The summed E-state index contributed by atoms with van der Waals surface area (Å²) in [5, 5.41) is 11.2. The van der Waals surface area contributed by atoms with Gasteiger partial charge >= 0.3 is 6.03 Å². The van der Waals surface area contributed by atoms with E-state index in [4.69, 9.17) is 9.72 Å². The topological polar surface area (TPSA) is 101 Å². The third-order valence-corrected chi connectivity index (χ3v) is 8.32. The molecule has 0 saturated carbocycles. The molecule has 0 radical (unpaired) electrons. The van der Waals surface area contributed by atoms with Gasteiger partial charge in [-0.2, -0.15) is 0 Å². The van der Waals surface area contributed by atoms with Gasteiger partial charge in [0.2, 0.25) is 16.9 Å². The normalized spacial score (nSPS) is 18.8. The molecule has 3 aliphatic rings. The smallest absolute Gasteiger partial charge is 0.320 e. The Morgan fingerprint density at radius 1 is 1.05 bits per heavy atom. The number of carbonyl (C=O) groups excluding carboxylic acids is 2. The highest BCUT2D eigenvalue weighted by atomic mass is 32.1. The van der Waals surface area contributed by atoms with Crippen molar-refractivity contribution < 1.29 is 14.3 Å². The zero-order chi connectivity index (χ0) is 26.3. The van der Waals surface area contributed by atoms with Crippen LogP contribution in [0.2, 0.25) is 0 Å². The molecule has 1 N–H and O–H groups in total. The van der Waals surface area contributed by atoms with Crippen LogP contribution in [0.1, 0.15) is 55.8 Å². The Kier molecular flexibility index (Phi) is 6.35. The zero-order valence-electron chi connectivity index (χ0n) is 21.5. The molecule has 0 spiro atoms. The molecule has 38 heavy (non-hydrogen) atoms. The number of carbonyl (C=O) groups is 2. The van der Waals surface area contributed by atoms with E-state index in [9.17, 15) is 9.59 Å². The second-order valence-corrected chi connectivity index (χ2v) is 11.3. The van der Waals surface area contributed by atoms with Gasteiger partial charge in [-0.1, -0.05) is 55.5 Å². The van der Waals surface area contributed by atoms with Crippen molar-refractivity contribution in [3.05, 3.63) is 64.8 Å². The van der Waals surface area contributed by atoms with E-state index < -0.39 is 5.41 Å². The lowest BCUT2D eigenvalue weighted by atomic mass is 9.69. The highest BCUT2D eigenvalue weighted by Crippen LogP contribution is 2.51. The molecule has 3 amide bonds. The molecule has 10 heteroatoms. The van der Waals surface area contributed by atoms with Crippen LogP contribution in [0.25, 0.3) is 5.57 Å². The van der Waals surface area contributed by atoms with Crippen molar-refractivity contribution >= 4 is 34.0 Å². The Morgan fingerprint density at radius 3 is 2.61 bits per heavy atom. The molecule has 5 heterocycles. The number of hydrogen-bond acceptors (Lipinski definition) is 7. The quantitative estimate of drug-likeness (QED) is 0.501. The van der Waals surface area contributed by atoms with Gasteiger partial charge in [0, 0.05) is 43.2 Å². The molecule has 0 bridgehead atoms. The number of nitrogens with zero attached hydrogens (tertiary/aromatic N) is 5. The van der Waals surface area contributed by atoms with Gasteiger partial charge in [0.1, 0.15) is 11.3 Å². The fourth-order valence-corrected chi connectivity index (χ4v) is 6.03. The van der Waals surface area contributed by atoms with Gasteiger partial charge < -0.3 is 19.9 Å². The number of ether oxygens (including phenoxy) is 1. The maximum atomic E-state index is 13.5. The highest BCUT2D eigenvalue weighted by Gasteiger charge is 2.44. The third kappa shape index (κ3) is 4.42. The van der Waals surface area contributed by atoms with Gasteiger partial charge in [0.25, 0.3) is 0 Å². The van der Waals surface area contributed by atoms with Gasteiger partial charge in [-0.3, -0.25) is 4.79 Å². The molecular weight excluding hydrogens is 500 g/mol. The molecule has 1 atom stereocenters. The van der Waals surface area contributed by atoms with Crippen LogP contribution in [0.15, 0.2) is 48.0 Å². The number of amides is 3. The summed E-state index contributed by atoms with van der Waals surface area (Å²) in [5.74, 6) is 0.792. The van der Waals surface area contributed by atoms with Crippen LogP contribution >= 0.6 is 11.3 Å². The predicted octanol–water partition coefficient (Wildman–Crippen LogP) is 5.14. The summed E-state index contributed by atoms with van der Waals surface area (Å²) in [6.45, 7) is 6.83. The van der Waals surface area contributed by atoms with E-state index in [2.05, 4.69) is 21.6 Å². The highest BCUT2D eigenvalue weighted by molar-refractivity contribution is 7.13. The number of pyridine rings is 1. The lowest BCUT2D eigenvalue weighted by molar-refractivity contribution is -0.124. The summed E-state index contributed by atoms with van der Waals surface area (Å²) in [6.07, 6.45) is 5.01. The Bertz CT molecular complexity index is 1400. The van der Waals surface area contributed by atoms with Crippen molar-refractivity contribution in [1.82, 2.24) is 25.0 Å². The average molecular weight is 531 g/mol. The fraction of sp³-hybridized carbons (Fsp3) is 0.393. The molecule has 3 aliphatic heterocycles. The minimum Gasteiger partial charge on any atom is -0.438 e. The molecular formula is C28H30N6O3S. The first-order valence-corrected chi connectivity index (χ1v) is 13.9. The first kappa shape index (κ1) is 24.5. The molecule has 0 aliphatic carbocycles. The molecule has 1 fully saturated rings. The molecule has 3 aromatic rings. The van der Waals surface area contributed by atoms with E-state index in [1.807, 2.05) is 60.0 Å². The predicted molar refractivity (Wildman–Crippen MR) is 145 cm³/mol. The van der Waals surface area contributed by atoms with E-state index in [0.29, 0.717) is 29.9 Å². The van der Waals surface area contributed by atoms with Crippen LogP contribution < -0.4 is 10.1 Å². The molecule has 0 unspecified atom stereocenters. The molecule has 2 aromatic heterocycles. The number of anilines is 1. The SMILES string of the molecule is CC(C)(C(=O)Nc1nncs1)[C@H]1c2ccccc2Oc2nc(C3=CCN(C(=O)N4CCCC4)CC3)ccc21. The summed E-state index contributed by atoms with van der Waals surface area (Å²) < 4.78 is 6.29. The van der Waals surface area contributed by atoms with Crippen LogP contribution in [0.5, 0.6) is 11.6 Å². The number of likely N-dealkylation sites (tertiary alicyclic amines) is 1. The number of urea groups is 1. The van der Waals surface area contributed by atoms with Crippen LogP contribution in [-0.2, 0) is 4.79 Å². The van der Waals surface area contributed by atoms with Gasteiger partial charge in [-0.15, -0.1) is 10.2 Å². The molecule has 1 aromatic carbocycles. The maximum absolute atomic E-state index is 13.5. The van der Waals surface area contributed by atoms with E-state index in [1.165, 1.54) is 11.3 Å². The number of benzene rings is 1. The number of nitrogens with one attached hydrogen (secondary N) is 1. The summed E-state index contributed by atoms with van der Waals surface area (Å²) in [4.78, 5) is 35.0. The number of para-hydroxylation sites is 1. The first-order chi connectivity index (χ1) is 18.4. The summed E-state index contributed by atoms with van der Waals surface area (Å²) in [5.41, 5.74) is 4.52. The standard InChI is InChI=1S/C28H30N6O3S/c1-28(2,25(35)31-26-32-29-17-38-26)23-19-7-3-4-8-22(19)37-24-20(23)9-10-21(30-24)18-11-15-34(16-12-18)27(36)33-13-5-6-14-33/h3-4,7-11,17,23H,5-6,12-16H2,1-2H3,(H,31,32,35)/t23-/m0/s1. The van der Waals surface area contributed by atoms with E-state index in [-0.39, 0.29) is 17.9 Å². The van der Waals surface area contributed by atoms with Crippen molar-refractivity contribution in [2.45, 2.75) is 39.0 Å². The second kappa shape index (κ2) is 9.83. The lowest BCUT2D eigenvalue weighted by Crippen LogP contribution is -2.43. The van der Waals surface area contributed by atoms with Gasteiger partial charge in [-0.25, -0.2) is 9.78 Å². The monoisotopic (exact) mass is 530 g/mol. The minimum absolute atomic E-state index is 0.132. The van der Waals surface area contributed by atoms with Crippen LogP contribution in [0.3, 0.4) is 0 Å². The first-order valence-electron chi connectivity index (χ1n) is 13.0. The van der Waals surface area contributed by atoms with Crippen LogP contribution in [0, 0.1) is 5.41 Å². The van der Waals surface area contributed by atoms with Crippen molar-refractivity contribution in [2.24, 2.45) is 5.41 Å². The molecule has 9 nitrogen and oxygen atoms in total. The van der Waals surface area contributed by atoms with Gasteiger partial charge in [0.05, 0.1) is 11.1 Å². The van der Waals surface area contributed by atoms with Crippen molar-refractivity contribution in [3.63, 3.8) is 0 Å². The minimum atomic E-state index is -0.829. The zero-order valence-corrected chi connectivity index (χ0v) is 22.3. The maximum Gasteiger partial charge on any atom is 0.320 e. The van der Waals surface area contributed by atoms with E-state index >= 15 is 0 Å². The largest absolute Gasteiger partial charge is 0.438 e. The van der Waals surface area contributed by atoms with E-state index in [0.717, 1.165) is 54.7 Å². The van der Waals surface area contributed by atoms with E-state index in [1.54, 1.807) is 5.51 Å². The van der Waals surface area contributed by atoms with Gasteiger partial charge in [-0.05, 0) is 37.0 Å². The summed E-state index contributed by atoms with van der Waals surface area (Å²) in [7, 11) is 0. The number of fused-ring (bicyclic) bond motifs is 2. The Morgan fingerprint density at radius 2 is 1.87 bits per heavy atom. The Balaban J connectivity index is 1.28. The van der Waals surface area contributed by atoms with Crippen LogP contribution in [-0.4, -0.2) is 63.1 Å². The molecule has 6 rings (SSSR count). The second-order valence-electron chi connectivity index (χ2n) is 10.5. The van der Waals surface area contributed by atoms with Crippen molar-refractivity contribution in [3.8, 4) is 11.6 Å². The van der Waals surface area contributed by atoms with Crippen LogP contribution in [0.4, 0.5) is 9.93 Å². The summed E-state index contributed by atoms with van der Waals surface area (Å²) in [6, 6.07) is 12.0. The molecule has 1 saturated heterocycles. The summed E-state index contributed by atoms with van der Waals surface area (Å²) >= 11 is 1.29. The van der Waals surface area contributed by atoms with Gasteiger partial charge in [0.15, 0.2) is 0 Å². The molecule has 196 valence electrons. The van der Waals surface area contributed by atoms with Crippen molar-refractivity contribution in [1.29, 1.82) is 0 Å². The van der Waals surface area contributed by atoms with Crippen molar-refractivity contribution in [2.75, 3.05) is 31.5 Å². The fourth-order valence-electron chi connectivity index (χ4n) is 5.59.